The Morgan fingerprint density at radius 1 is 1.35 bits per heavy atom. The van der Waals surface area contributed by atoms with Crippen LogP contribution in [0.5, 0.6) is 0 Å². The molecule has 0 unspecified atom stereocenters. The number of carbonyl (C=O) groups is 1. The molecular formula is C11H21N5O. The molecule has 0 aliphatic carbocycles. The molecule has 0 aromatic carbocycles. The molecule has 1 amide bonds. The molecule has 17 heavy (non-hydrogen) atoms. The number of nitrogens with two attached hydrogens (primary N) is 1. The largest absolute Gasteiger partial charge is 0.366 e. The third kappa shape index (κ3) is 4.42. The number of aromatic amines is 1. The lowest BCUT2D eigenvalue weighted by molar-refractivity contribution is 0.0881. The van der Waals surface area contributed by atoms with E-state index in [1.165, 1.54) is 0 Å². The van der Waals surface area contributed by atoms with Gasteiger partial charge in [0.05, 0.1) is 0 Å². The zero-order valence-electron chi connectivity index (χ0n) is 11.1. The SMILES string of the molecule is CC(C)(C)CC(C)(C)NC(=O)c1nc(N)n[nH]1. The van der Waals surface area contributed by atoms with Crippen molar-refractivity contribution in [3.63, 3.8) is 0 Å². The van der Waals surface area contributed by atoms with E-state index in [-0.39, 0.29) is 28.6 Å². The van der Waals surface area contributed by atoms with E-state index in [0.717, 1.165) is 6.42 Å². The maximum absolute atomic E-state index is 11.9. The predicted molar refractivity (Wildman–Crippen MR) is 66.4 cm³/mol. The molecule has 0 radical (unpaired) electrons. The molecular weight excluding hydrogens is 218 g/mol. The van der Waals surface area contributed by atoms with Gasteiger partial charge in [-0.2, -0.15) is 4.98 Å². The van der Waals surface area contributed by atoms with E-state index in [1.54, 1.807) is 0 Å². The normalized spacial score (nSPS) is 12.5. The summed E-state index contributed by atoms with van der Waals surface area (Å²) in [5, 5.41) is 9.03. The molecule has 0 saturated carbocycles. The van der Waals surface area contributed by atoms with Crippen LogP contribution in [0.2, 0.25) is 0 Å². The molecule has 1 aromatic heterocycles. The van der Waals surface area contributed by atoms with E-state index in [4.69, 9.17) is 5.73 Å². The average Bonchev–Trinajstić information content (AvgIpc) is 2.45. The Morgan fingerprint density at radius 2 is 1.94 bits per heavy atom. The molecule has 0 aliphatic rings. The number of nitrogen functional groups attached to an aromatic ring is 1. The topological polar surface area (TPSA) is 96.7 Å². The van der Waals surface area contributed by atoms with Gasteiger partial charge in [-0.05, 0) is 25.7 Å². The van der Waals surface area contributed by atoms with E-state index in [0.29, 0.717) is 0 Å². The maximum Gasteiger partial charge on any atom is 0.289 e. The molecule has 0 fully saturated rings. The van der Waals surface area contributed by atoms with E-state index < -0.39 is 0 Å². The van der Waals surface area contributed by atoms with Crippen LogP contribution in [0.3, 0.4) is 0 Å². The standard InChI is InChI=1S/C11H21N5O/c1-10(2,3)6-11(4,5)14-8(17)7-13-9(12)16-15-7/h6H2,1-5H3,(H,14,17)(H3,12,13,15,16). The Labute approximate surface area is 101 Å². The summed E-state index contributed by atoms with van der Waals surface area (Å²) in [5.74, 6) is -0.0725. The number of nitrogens with one attached hydrogen (secondary N) is 2. The number of H-pyrrole nitrogens is 1. The van der Waals surface area contributed by atoms with Crippen molar-refractivity contribution in [2.24, 2.45) is 5.41 Å². The molecule has 1 aromatic rings. The van der Waals surface area contributed by atoms with Crippen LogP contribution in [0.1, 0.15) is 51.7 Å². The van der Waals surface area contributed by atoms with Crippen molar-refractivity contribution in [2.75, 3.05) is 5.73 Å². The molecule has 1 rings (SSSR count). The lowest BCUT2D eigenvalue weighted by Crippen LogP contribution is -2.46. The van der Waals surface area contributed by atoms with Crippen LogP contribution in [0.25, 0.3) is 0 Å². The van der Waals surface area contributed by atoms with Crippen LogP contribution in [0.4, 0.5) is 5.95 Å². The Balaban J connectivity index is 2.68. The molecule has 0 aliphatic heterocycles. The molecule has 1 heterocycles. The van der Waals surface area contributed by atoms with Crippen LogP contribution < -0.4 is 11.1 Å². The fraction of sp³-hybridized carbons (Fsp3) is 0.727. The molecule has 6 nitrogen and oxygen atoms in total. The zero-order valence-corrected chi connectivity index (χ0v) is 11.1. The second-order valence-electron chi connectivity index (χ2n) is 6.12. The number of amides is 1. The summed E-state index contributed by atoms with van der Waals surface area (Å²) in [6, 6.07) is 0. The van der Waals surface area contributed by atoms with Crippen LogP contribution >= 0.6 is 0 Å². The van der Waals surface area contributed by atoms with E-state index in [9.17, 15) is 4.79 Å². The molecule has 0 atom stereocenters. The average molecular weight is 239 g/mol. The van der Waals surface area contributed by atoms with Crippen molar-refractivity contribution >= 4 is 11.9 Å². The van der Waals surface area contributed by atoms with Gasteiger partial charge in [-0.25, -0.2) is 0 Å². The van der Waals surface area contributed by atoms with Crippen molar-refractivity contribution in [3.05, 3.63) is 5.82 Å². The van der Waals surface area contributed by atoms with Gasteiger partial charge < -0.3 is 11.1 Å². The first-order valence-electron chi connectivity index (χ1n) is 5.59. The summed E-state index contributed by atoms with van der Waals surface area (Å²) < 4.78 is 0. The smallest absolute Gasteiger partial charge is 0.289 e. The van der Waals surface area contributed by atoms with Crippen LogP contribution in [0, 0.1) is 5.41 Å². The van der Waals surface area contributed by atoms with Crippen LogP contribution in [-0.2, 0) is 0 Å². The number of nitrogens with zero attached hydrogens (tertiary/aromatic N) is 2. The highest BCUT2D eigenvalue weighted by Gasteiger charge is 2.28. The Hall–Kier alpha value is -1.59. The number of aromatic nitrogens is 3. The fourth-order valence-corrected chi connectivity index (χ4v) is 2.11. The van der Waals surface area contributed by atoms with Crippen molar-refractivity contribution in [2.45, 2.75) is 46.6 Å². The number of rotatable bonds is 3. The summed E-state index contributed by atoms with van der Waals surface area (Å²) >= 11 is 0. The third-order valence-electron chi connectivity index (χ3n) is 2.14. The number of carbonyl (C=O) groups excluding carboxylic acids is 1. The molecule has 6 heteroatoms. The molecule has 0 bridgehead atoms. The van der Waals surface area contributed by atoms with E-state index >= 15 is 0 Å². The quantitative estimate of drug-likeness (QED) is 0.741. The molecule has 96 valence electrons. The maximum atomic E-state index is 11.9. The minimum atomic E-state index is -0.309. The summed E-state index contributed by atoms with van der Waals surface area (Å²) in [5.41, 5.74) is 5.18. The number of anilines is 1. The Bertz CT molecular complexity index is 402. The summed E-state index contributed by atoms with van der Waals surface area (Å²) in [7, 11) is 0. The summed E-state index contributed by atoms with van der Waals surface area (Å²) in [6.07, 6.45) is 0.857. The van der Waals surface area contributed by atoms with E-state index in [1.807, 2.05) is 13.8 Å². The lowest BCUT2D eigenvalue weighted by atomic mass is 9.82. The van der Waals surface area contributed by atoms with Gasteiger partial charge in [-0.3, -0.25) is 9.89 Å². The highest BCUT2D eigenvalue weighted by Crippen LogP contribution is 2.26. The number of hydrogen-bond donors (Lipinski definition) is 3. The zero-order chi connectivity index (χ0) is 13.3. The monoisotopic (exact) mass is 239 g/mol. The lowest BCUT2D eigenvalue weighted by Gasteiger charge is -2.32. The van der Waals surface area contributed by atoms with Crippen LogP contribution in [-0.4, -0.2) is 26.6 Å². The van der Waals surface area contributed by atoms with Gasteiger partial charge in [0, 0.05) is 5.54 Å². The van der Waals surface area contributed by atoms with Gasteiger partial charge in [-0.15, -0.1) is 5.10 Å². The first-order valence-corrected chi connectivity index (χ1v) is 5.59. The van der Waals surface area contributed by atoms with Gasteiger partial charge in [0.15, 0.2) is 0 Å². The number of hydrogen-bond acceptors (Lipinski definition) is 4. The summed E-state index contributed by atoms with van der Waals surface area (Å²) in [6.45, 7) is 10.4. The second-order valence-corrected chi connectivity index (χ2v) is 6.12. The van der Waals surface area contributed by atoms with Crippen molar-refractivity contribution in [3.8, 4) is 0 Å². The third-order valence-corrected chi connectivity index (χ3v) is 2.14. The predicted octanol–water partition coefficient (Wildman–Crippen LogP) is 1.33. The fourth-order valence-electron chi connectivity index (χ4n) is 2.11. The van der Waals surface area contributed by atoms with Crippen LogP contribution in [0.15, 0.2) is 0 Å². The van der Waals surface area contributed by atoms with Crippen molar-refractivity contribution in [1.29, 1.82) is 0 Å². The summed E-state index contributed by atoms with van der Waals surface area (Å²) in [4.78, 5) is 15.6. The highest BCUT2D eigenvalue weighted by molar-refractivity contribution is 5.91. The van der Waals surface area contributed by atoms with Crippen molar-refractivity contribution < 1.29 is 4.79 Å². The minimum Gasteiger partial charge on any atom is -0.366 e. The Morgan fingerprint density at radius 3 is 2.35 bits per heavy atom. The molecule has 4 N–H and O–H groups in total. The Kier molecular flexibility index (Phi) is 3.45. The van der Waals surface area contributed by atoms with Gasteiger partial charge in [0.25, 0.3) is 5.91 Å². The second kappa shape index (κ2) is 4.35. The van der Waals surface area contributed by atoms with Gasteiger partial charge in [0.1, 0.15) is 0 Å². The minimum absolute atomic E-state index is 0.0729. The molecule has 0 spiro atoms. The first-order chi connectivity index (χ1) is 7.59. The van der Waals surface area contributed by atoms with Gasteiger partial charge >= 0.3 is 0 Å². The van der Waals surface area contributed by atoms with E-state index in [2.05, 4.69) is 41.3 Å². The van der Waals surface area contributed by atoms with Gasteiger partial charge in [0.2, 0.25) is 11.8 Å². The molecule has 0 saturated heterocycles. The first kappa shape index (κ1) is 13.5. The highest BCUT2D eigenvalue weighted by atomic mass is 16.2. The van der Waals surface area contributed by atoms with Gasteiger partial charge in [-0.1, -0.05) is 20.8 Å². The van der Waals surface area contributed by atoms with Crippen molar-refractivity contribution in [1.82, 2.24) is 20.5 Å².